The smallest absolute Gasteiger partial charge is 0.321 e. The molecule has 0 saturated heterocycles. The van der Waals surface area contributed by atoms with Gasteiger partial charge in [-0.3, -0.25) is 4.98 Å². The highest BCUT2D eigenvalue weighted by molar-refractivity contribution is 5.89. The normalized spacial score (nSPS) is 16.5. The van der Waals surface area contributed by atoms with Crippen molar-refractivity contribution in [2.75, 3.05) is 12.4 Å². The lowest BCUT2D eigenvalue weighted by molar-refractivity contribution is 0.186. The molecule has 1 aliphatic rings. The van der Waals surface area contributed by atoms with E-state index in [1.807, 2.05) is 11.9 Å². The first-order chi connectivity index (χ1) is 8.27. The topological polar surface area (TPSA) is 45.2 Å². The van der Waals surface area contributed by atoms with E-state index in [1.54, 1.807) is 24.5 Å². The van der Waals surface area contributed by atoms with Gasteiger partial charge in [-0.05, 0) is 25.0 Å². The lowest BCUT2D eigenvalue weighted by Crippen LogP contribution is -2.40. The number of hydrogen-bond acceptors (Lipinski definition) is 2. The summed E-state index contributed by atoms with van der Waals surface area (Å²) in [6, 6.07) is 3.97. The lowest BCUT2D eigenvalue weighted by Gasteiger charge is -2.31. The van der Waals surface area contributed by atoms with E-state index in [0.717, 1.165) is 18.5 Å². The van der Waals surface area contributed by atoms with E-state index in [-0.39, 0.29) is 6.03 Å². The Morgan fingerprint density at radius 2 is 1.94 bits per heavy atom. The van der Waals surface area contributed by atoms with Crippen molar-refractivity contribution < 1.29 is 4.79 Å². The molecule has 0 aliphatic heterocycles. The number of amides is 2. The minimum absolute atomic E-state index is 0.0249. The minimum Gasteiger partial charge on any atom is -0.325 e. The molecule has 1 aromatic heterocycles. The molecule has 0 aromatic carbocycles. The van der Waals surface area contributed by atoms with Crippen molar-refractivity contribution in [2.24, 2.45) is 0 Å². The fraction of sp³-hybridized carbons (Fsp3) is 0.538. The number of nitrogens with zero attached hydrogens (tertiary/aromatic N) is 2. The first kappa shape index (κ1) is 11.9. The molecule has 1 heterocycles. The van der Waals surface area contributed by atoms with Crippen LogP contribution in [-0.2, 0) is 0 Å². The monoisotopic (exact) mass is 233 g/mol. The van der Waals surface area contributed by atoms with Gasteiger partial charge in [0.2, 0.25) is 0 Å². The molecule has 0 atom stereocenters. The molecule has 0 radical (unpaired) electrons. The standard InChI is InChI=1S/C13H19N3O/c1-16(12-5-3-2-4-6-12)13(17)15-11-7-9-14-10-8-11/h7-10,12H,2-6H2,1H3,(H,14,15,17). The number of aromatic nitrogens is 1. The van der Waals surface area contributed by atoms with Gasteiger partial charge in [-0.2, -0.15) is 0 Å². The predicted octanol–water partition coefficient (Wildman–Crippen LogP) is 2.88. The van der Waals surface area contributed by atoms with Gasteiger partial charge in [-0.1, -0.05) is 19.3 Å². The quantitative estimate of drug-likeness (QED) is 0.853. The van der Waals surface area contributed by atoms with E-state index in [0.29, 0.717) is 6.04 Å². The maximum absolute atomic E-state index is 12.0. The van der Waals surface area contributed by atoms with Crippen molar-refractivity contribution in [1.29, 1.82) is 0 Å². The number of nitrogens with one attached hydrogen (secondary N) is 1. The van der Waals surface area contributed by atoms with Crippen molar-refractivity contribution >= 4 is 11.7 Å². The summed E-state index contributed by atoms with van der Waals surface area (Å²) >= 11 is 0. The van der Waals surface area contributed by atoms with Crippen LogP contribution in [0.3, 0.4) is 0 Å². The molecule has 1 aromatic rings. The molecule has 2 amide bonds. The van der Waals surface area contributed by atoms with Gasteiger partial charge in [-0.15, -0.1) is 0 Å². The zero-order valence-electron chi connectivity index (χ0n) is 10.2. The summed E-state index contributed by atoms with van der Waals surface area (Å²) in [7, 11) is 1.88. The highest BCUT2D eigenvalue weighted by Gasteiger charge is 2.21. The van der Waals surface area contributed by atoms with Crippen LogP contribution in [0, 0.1) is 0 Å². The summed E-state index contributed by atoms with van der Waals surface area (Å²) in [6.45, 7) is 0. The molecule has 0 unspecified atom stereocenters. The first-order valence-corrected chi connectivity index (χ1v) is 6.21. The van der Waals surface area contributed by atoms with E-state index in [9.17, 15) is 4.79 Å². The SMILES string of the molecule is CN(C(=O)Nc1ccncc1)C1CCCCC1. The Balaban J connectivity index is 1.90. The Morgan fingerprint density at radius 3 is 2.59 bits per heavy atom. The van der Waals surface area contributed by atoms with Crippen LogP contribution in [0.4, 0.5) is 10.5 Å². The lowest BCUT2D eigenvalue weighted by atomic mass is 9.95. The van der Waals surface area contributed by atoms with Crippen molar-refractivity contribution in [2.45, 2.75) is 38.1 Å². The van der Waals surface area contributed by atoms with Crippen molar-refractivity contribution in [1.82, 2.24) is 9.88 Å². The van der Waals surface area contributed by atoms with E-state index < -0.39 is 0 Å². The van der Waals surface area contributed by atoms with Crippen LogP contribution in [0.1, 0.15) is 32.1 Å². The molecule has 92 valence electrons. The second kappa shape index (κ2) is 5.66. The molecule has 4 heteroatoms. The Morgan fingerprint density at radius 1 is 1.29 bits per heavy atom. The van der Waals surface area contributed by atoms with Crippen LogP contribution in [0.2, 0.25) is 0 Å². The Labute approximate surface area is 102 Å². The molecule has 1 saturated carbocycles. The van der Waals surface area contributed by atoms with Crippen LogP contribution >= 0.6 is 0 Å². The Hall–Kier alpha value is -1.58. The molecule has 4 nitrogen and oxygen atoms in total. The fourth-order valence-electron chi connectivity index (χ4n) is 2.28. The van der Waals surface area contributed by atoms with Gasteiger partial charge in [0, 0.05) is 31.2 Å². The highest BCUT2D eigenvalue weighted by atomic mass is 16.2. The average Bonchev–Trinajstić information content (AvgIpc) is 2.40. The summed E-state index contributed by atoms with van der Waals surface area (Å²) < 4.78 is 0. The zero-order valence-corrected chi connectivity index (χ0v) is 10.2. The molecule has 1 aliphatic carbocycles. The van der Waals surface area contributed by atoms with E-state index in [1.165, 1.54) is 19.3 Å². The summed E-state index contributed by atoms with van der Waals surface area (Å²) in [5, 5.41) is 2.89. The van der Waals surface area contributed by atoms with Gasteiger partial charge in [-0.25, -0.2) is 4.79 Å². The number of hydrogen-bond donors (Lipinski definition) is 1. The molecule has 17 heavy (non-hydrogen) atoms. The third-order valence-corrected chi connectivity index (χ3v) is 3.37. The second-order valence-corrected chi connectivity index (χ2v) is 4.57. The van der Waals surface area contributed by atoms with E-state index in [4.69, 9.17) is 0 Å². The summed E-state index contributed by atoms with van der Waals surface area (Å²) in [4.78, 5) is 17.8. The minimum atomic E-state index is -0.0249. The molecular weight excluding hydrogens is 214 g/mol. The summed E-state index contributed by atoms with van der Waals surface area (Å²) in [5.74, 6) is 0. The van der Waals surface area contributed by atoms with Gasteiger partial charge in [0.25, 0.3) is 0 Å². The van der Waals surface area contributed by atoms with Gasteiger partial charge in [0.15, 0.2) is 0 Å². The van der Waals surface area contributed by atoms with Gasteiger partial charge in [0.05, 0.1) is 0 Å². The highest BCUT2D eigenvalue weighted by Crippen LogP contribution is 2.22. The van der Waals surface area contributed by atoms with Gasteiger partial charge in [0.1, 0.15) is 0 Å². The first-order valence-electron chi connectivity index (χ1n) is 6.21. The van der Waals surface area contributed by atoms with Crippen LogP contribution < -0.4 is 5.32 Å². The fourth-order valence-corrected chi connectivity index (χ4v) is 2.28. The number of rotatable bonds is 2. The molecule has 1 N–H and O–H groups in total. The van der Waals surface area contributed by atoms with Crippen LogP contribution in [0.25, 0.3) is 0 Å². The summed E-state index contributed by atoms with van der Waals surface area (Å²) in [6.07, 6.45) is 9.37. The molecule has 0 bridgehead atoms. The van der Waals surface area contributed by atoms with Crippen molar-refractivity contribution in [3.8, 4) is 0 Å². The van der Waals surface area contributed by atoms with Crippen molar-refractivity contribution in [3.05, 3.63) is 24.5 Å². The summed E-state index contributed by atoms with van der Waals surface area (Å²) in [5.41, 5.74) is 0.799. The van der Waals surface area contributed by atoms with Crippen molar-refractivity contribution in [3.63, 3.8) is 0 Å². The van der Waals surface area contributed by atoms with Crippen LogP contribution in [0.5, 0.6) is 0 Å². The predicted molar refractivity (Wildman–Crippen MR) is 67.9 cm³/mol. The van der Waals surface area contributed by atoms with Crippen LogP contribution in [-0.4, -0.2) is 29.0 Å². The average molecular weight is 233 g/mol. The number of urea groups is 1. The second-order valence-electron chi connectivity index (χ2n) is 4.57. The Kier molecular flexibility index (Phi) is 3.96. The third kappa shape index (κ3) is 3.19. The van der Waals surface area contributed by atoms with Gasteiger partial charge >= 0.3 is 6.03 Å². The molecule has 0 spiro atoms. The van der Waals surface area contributed by atoms with E-state index >= 15 is 0 Å². The number of anilines is 1. The Bertz CT molecular complexity index is 360. The largest absolute Gasteiger partial charge is 0.325 e. The molecular formula is C13H19N3O. The van der Waals surface area contributed by atoms with Gasteiger partial charge < -0.3 is 10.2 Å². The van der Waals surface area contributed by atoms with E-state index in [2.05, 4.69) is 10.3 Å². The maximum Gasteiger partial charge on any atom is 0.321 e. The number of pyridine rings is 1. The number of carbonyl (C=O) groups is 1. The zero-order chi connectivity index (χ0) is 12.1. The maximum atomic E-state index is 12.0. The molecule has 2 rings (SSSR count). The third-order valence-electron chi connectivity index (χ3n) is 3.37. The van der Waals surface area contributed by atoms with Crippen LogP contribution in [0.15, 0.2) is 24.5 Å². The molecule has 1 fully saturated rings. The number of carbonyl (C=O) groups excluding carboxylic acids is 1.